The van der Waals surface area contributed by atoms with E-state index in [1.54, 1.807) is 12.1 Å². The molecule has 8 N–H and O–H groups in total. The molecule has 34 heavy (non-hydrogen) atoms. The van der Waals surface area contributed by atoms with Crippen LogP contribution in [0.5, 0.6) is 0 Å². The van der Waals surface area contributed by atoms with E-state index in [9.17, 15) is 29.1 Å². The number of carboxylic acids is 2. The highest BCUT2D eigenvalue weighted by atomic mass is 16.4. The number of nitrogen functional groups attached to an aromatic ring is 1. The van der Waals surface area contributed by atoms with Crippen LogP contribution < -0.4 is 32.1 Å². The number of hydrogen-bond donors (Lipinski definition) is 7. The van der Waals surface area contributed by atoms with Crippen molar-refractivity contribution in [3.05, 3.63) is 40.2 Å². The van der Waals surface area contributed by atoms with Crippen LogP contribution in [0.3, 0.4) is 0 Å². The van der Waals surface area contributed by atoms with E-state index in [4.69, 9.17) is 10.8 Å². The number of aliphatic carboxylic acids is 2. The van der Waals surface area contributed by atoms with Gasteiger partial charge in [-0.25, -0.2) is 4.79 Å². The van der Waals surface area contributed by atoms with Crippen molar-refractivity contribution in [2.45, 2.75) is 24.9 Å². The second kappa shape index (κ2) is 10.3. The van der Waals surface area contributed by atoms with E-state index in [-0.39, 0.29) is 36.0 Å². The Morgan fingerprint density at radius 1 is 1.26 bits per heavy atom. The first kappa shape index (κ1) is 24.0. The number of hydrogen-bond acceptors (Lipinski definition) is 9. The Labute approximate surface area is 192 Å². The summed E-state index contributed by atoms with van der Waals surface area (Å²) in [5.74, 6) is -3.00. The van der Waals surface area contributed by atoms with Crippen molar-refractivity contribution < 1.29 is 29.4 Å². The van der Waals surface area contributed by atoms with Crippen molar-refractivity contribution in [3.63, 3.8) is 0 Å². The second-order valence-electron chi connectivity index (χ2n) is 7.45. The third kappa shape index (κ3) is 5.59. The molecule has 3 rings (SSSR count). The topological polar surface area (TPSA) is 220 Å². The molecule has 180 valence electrons. The van der Waals surface area contributed by atoms with Crippen LogP contribution in [0.4, 0.5) is 23.1 Å². The number of nitrogens with two attached hydrogens (primary N) is 1. The summed E-state index contributed by atoms with van der Waals surface area (Å²) in [7, 11) is 0. The van der Waals surface area contributed by atoms with Crippen LogP contribution in [0.25, 0.3) is 0 Å². The van der Waals surface area contributed by atoms with Gasteiger partial charge in [0, 0.05) is 30.8 Å². The molecule has 1 aromatic carbocycles. The van der Waals surface area contributed by atoms with Crippen LogP contribution in [0.1, 0.15) is 23.2 Å². The van der Waals surface area contributed by atoms with Gasteiger partial charge in [0.15, 0.2) is 11.5 Å². The number of carbonyl (C=O) groups is 4. The number of carbonyl (C=O) groups excluding carboxylic acids is 2. The van der Waals surface area contributed by atoms with Crippen LogP contribution in [-0.2, 0) is 14.4 Å². The highest BCUT2D eigenvalue weighted by Crippen LogP contribution is 2.25. The van der Waals surface area contributed by atoms with E-state index < -0.39 is 41.9 Å². The predicted octanol–water partition coefficient (Wildman–Crippen LogP) is -0.731. The van der Waals surface area contributed by atoms with E-state index in [2.05, 4.69) is 25.9 Å². The molecule has 1 aliphatic heterocycles. The zero-order valence-electron chi connectivity index (χ0n) is 17.8. The molecule has 0 fully saturated rings. The van der Waals surface area contributed by atoms with Gasteiger partial charge in [-0.1, -0.05) is 0 Å². The van der Waals surface area contributed by atoms with Gasteiger partial charge in [0.1, 0.15) is 6.04 Å². The fraction of sp³-hybridized carbons (Fsp3) is 0.300. The second-order valence-corrected chi connectivity index (χ2v) is 7.45. The molecule has 0 spiro atoms. The molecule has 0 saturated heterocycles. The number of anilines is 4. The van der Waals surface area contributed by atoms with Crippen LogP contribution >= 0.6 is 0 Å². The monoisotopic (exact) mass is 473 g/mol. The zero-order chi connectivity index (χ0) is 24.8. The number of rotatable bonds is 10. The standard InChI is InChI=1S/C20H23N7O7/c21-20-25-16-15(18(32)26-20)27(9-28)12(8-23-16)7-22-11-3-1-10(2-4-11)17(31)24-13(19(33)34)5-6-14(29)30/h1-4,9,12-13,22H,5-8H2,(H,24,31)(H,29,30)(H,33,34)(H4,21,23,25,26,32)/t12-,13?/m1/s1. The van der Waals surface area contributed by atoms with Crippen LogP contribution in [0.2, 0.25) is 0 Å². The van der Waals surface area contributed by atoms with Gasteiger partial charge in [0.05, 0.1) is 6.04 Å². The summed E-state index contributed by atoms with van der Waals surface area (Å²) in [6.07, 6.45) is -0.101. The fourth-order valence-electron chi connectivity index (χ4n) is 3.39. The van der Waals surface area contributed by atoms with Crippen LogP contribution in [-0.4, -0.2) is 69.6 Å². The molecule has 0 bridgehead atoms. The molecule has 2 heterocycles. The summed E-state index contributed by atoms with van der Waals surface area (Å²) >= 11 is 0. The van der Waals surface area contributed by atoms with Crippen molar-refractivity contribution in [1.29, 1.82) is 0 Å². The van der Waals surface area contributed by atoms with E-state index in [0.29, 0.717) is 18.6 Å². The lowest BCUT2D eigenvalue weighted by Gasteiger charge is -2.34. The molecule has 0 radical (unpaired) electrons. The normalized spacial score (nSPS) is 15.4. The molecule has 14 heteroatoms. The molecule has 0 aliphatic carbocycles. The lowest BCUT2D eigenvalue weighted by molar-refractivity contribution is -0.140. The van der Waals surface area contributed by atoms with E-state index in [0.717, 1.165) is 0 Å². The van der Waals surface area contributed by atoms with Gasteiger partial charge in [0.2, 0.25) is 12.4 Å². The number of nitrogens with one attached hydrogen (secondary N) is 4. The molecule has 1 unspecified atom stereocenters. The average molecular weight is 473 g/mol. The average Bonchev–Trinajstić information content (AvgIpc) is 2.79. The van der Waals surface area contributed by atoms with Gasteiger partial charge in [-0.05, 0) is 30.7 Å². The van der Waals surface area contributed by atoms with E-state index >= 15 is 0 Å². The predicted molar refractivity (Wildman–Crippen MR) is 121 cm³/mol. The minimum Gasteiger partial charge on any atom is -0.481 e. The van der Waals surface area contributed by atoms with Gasteiger partial charge in [-0.2, -0.15) is 4.98 Å². The highest BCUT2D eigenvalue weighted by Gasteiger charge is 2.29. The minimum absolute atomic E-state index is 0.0603. The zero-order valence-corrected chi connectivity index (χ0v) is 17.8. The van der Waals surface area contributed by atoms with Crippen molar-refractivity contribution >= 4 is 47.4 Å². The Morgan fingerprint density at radius 2 is 1.97 bits per heavy atom. The molecular formula is C20H23N7O7. The van der Waals surface area contributed by atoms with Crippen molar-refractivity contribution in [3.8, 4) is 0 Å². The van der Waals surface area contributed by atoms with Gasteiger partial charge in [-0.3, -0.25) is 24.2 Å². The molecular weight excluding hydrogens is 450 g/mol. The van der Waals surface area contributed by atoms with Gasteiger partial charge < -0.3 is 36.8 Å². The smallest absolute Gasteiger partial charge is 0.326 e. The maximum Gasteiger partial charge on any atom is 0.326 e. The number of aromatic amines is 1. The molecule has 2 aromatic rings. The van der Waals surface area contributed by atoms with Gasteiger partial charge in [-0.15, -0.1) is 0 Å². The third-order valence-electron chi connectivity index (χ3n) is 5.12. The number of fused-ring (bicyclic) bond motifs is 1. The Kier molecular flexibility index (Phi) is 7.30. The summed E-state index contributed by atoms with van der Waals surface area (Å²) < 4.78 is 0. The summed E-state index contributed by atoms with van der Waals surface area (Å²) in [5.41, 5.74) is 5.84. The maximum atomic E-state index is 12.3. The number of nitrogens with zero attached hydrogens (tertiary/aromatic N) is 2. The maximum absolute atomic E-state index is 12.3. The van der Waals surface area contributed by atoms with E-state index in [1.807, 2.05) is 0 Å². The number of amides is 2. The molecule has 2 amide bonds. The largest absolute Gasteiger partial charge is 0.481 e. The SMILES string of the molecule is Nc1nc2c(c(=O)[nH]1)N(C=O)[C@H](CNc1ccc(C(=O)NC(CCC(=O)O)C(=O)O)cc1)CN2. The number of carboxylic acid groups (broad SMARTS) is 2. The number of benzene rings is 1. The number of aromatic nitrogens is 2. The number of H-pyrrole nitrogens is 1. The van der Waals surface area contributed by atoms with Crippen LogP contribution in [0.15, 0.2) is 29.1 Å². The Morgan fingerprint density at radius 3 is 2.59 bits per heavy atom. The molecule has 0 saturated carbocycles. The van der Waals surface area contributed by atoms with E-state index in [1.165, 1.54) is 17.0 Å². The first-order chi connectivity index (χ1) is 16.2. The van der Waals surface area contributed by atoms with Crippen molar-refractivity contribution in [2.75, 3.05) is 34.4 Å². The van der Waals surface area contributed by atoms with Crippen molar-refractivity contribution in [2.24, 2.45) is 0 Å². The summed E-state index contributed by atoms with van der Waals surface area (Å²) in [4.78, 5) is 65.7. The molecule has 1 aliphatic rings. The Hall–Kier alpha value is -4.62. The Balaban J connectivity index is 1.62. The third-order valence-corrected chi connectivity index (χ3v) is 5.12. The first-order valence-corrected chi connectivity index (χ1v) is 10.2. The minimum atomic E-state index is -1.33. The lowest BCUT2D eigenvalue weighted by atomic mass is 10.1. The highest BCUT2D eigenvalue weighted by molar-refractivity contribution is 5.97. The summed E-state index contributed by atoms with van der Waals surface area (Å²) in [6, 6.07) is 4.36. The Bertz CT molecular complexity index is 1150. The lowest BCUT2D eigenvalue weighted by Crippen LogP contribution is -2.50. The molecule has 14 nitrogen and oxygen atoms in total. The van der Waals surface area contributed by atoms with Gasteiger partial charge >= 0.3 is 11.9 Å². The van der Waals surface area contributed by atoms with Crippen LogP contribution in [0, 0.1) is 0 Å². The summed E-state index contributed by atoms with van der Waals surface area (Å²) in [5, 5.41) is 26.3. The fourth-order valence-corrected chi connectivity index (χ4v) is 3.39. The summed E-state index contributed by atoms with van der Waals surface area (Å²) in [6.45, 7) is 0.568. The molecule has 1 aromatic heterocycles. The van der Waals surface area contributed by atoms with Gasteiger partial charge in [0.25, 0.3) is 11.5 Å². The first-order valence-electron chi connectivity index (χ1n) is 10.2. The van der Waals surface area contributed by atoms with Crippen molar-refractivity contribution in [1.82, 2.24) is 15.3 Å². The quantitative estimate of drug-likeness (QED) is 0.213. The molecule has 2 atom stereocenters.